The number of fused-ring (bicyclic) bond motifs is 2. The summed E-state index contributed by atoms with van der Waals surface area (Å²) < 4.78 is 17.2. The summed E-state index contributed by atoms with van der Waals surface area (Å²) in [6.07, 6.45) is 5.48. The number of hydrogen-bond donors (Lipinski definition) is 0. The summed E-state index contributed by atoms with van der Waals surface area (Å²) in [5, 5.41) is 0. The van der Waals surface area contributed by atoms with Crippen LogP contribution in [0.1, 0.15) is 52.4 Å². The highest BCUT2D eigenvalue weighted by Gasteiger charge is 2.64. The number of allylic oxidation sites excluding steroid dienone is 1. The van der Waals surface area contributed by atoms with Crippen molar-refractivity contribution in [3.8, 4) is 0 Å². The smallest absolute Gasteiger partial charge is 0.306 e. The van der Waals surface area contributed by atoms with Crippen molar-refractivity contribution in [2.24, 2.45) is 16.7 Å². The molecule has 0 radical (unpaired) electrons. The first kappa shape index (κ1) is 16.0. The summed E-state index contributed by atoms with van der Waals surface area (Å²) in [5.41, 5.74) is 0.879. The Labute approximate surface area is 133 Å². The molecule has 0 unspecified atom stereocenters. The van der Waals surface area contributed by atoms with Gasteiger partial charge in [0.15, 0.2) is 5.79 Å². The van der Waals surface area contributed by atoms with Crippen LogP contribution in [0, 0.1) is 16.7 Å². The van der Waals surface area contributed by atoms with Gasteiger partial charge < -0.3 is 14.2 Å². The minimum Gasteiger partial charge on any atom is -0.469 e. The lowest BCUT2D eigenvalue weighted by atomic mass is 9.47. The lowest BCUT2D eigenvalue weighted by molar-refractivity contribution is -0.286. The van der Waals surface area contributed by atoms with E-state index in [0.717, 1.165) is 32.1 Å². The monoisotopic (exact) mass is 308 g/mol. The van der Waals surface area contributed by atoms with Crippen molar-refractivity contribution in [2.75, 3.05) is 20.3 Å². The van der Waals surface area contributed by atoms with Gasteiger partial charge in [0.1, 0.15) is 0 Å². The molecule has 0 amide bonds. The third-order valence-corrected chi connectivity index (χ3v) is 6.65. The lowest BCUT2D eigenvalue weighted by Crippen LogP contribution is -2.60. The zero-order chi connectivity index (χ0) is 16.0. The first-order valence-electron chi connectivity index (χ1n) is 8.41. The Hall–Kier alpha value is -0.870. The minimum atomic E-state index is -0.464. The fourth-order valence-electron chi connectivity index (χ4n) is 5.29. The van der Waals surface area contributed by atoms with Gasteiger partial charge in [-0.25, -0.2) is 0 Å². The van der Waals surface area contributed by atoms with E-state index in [1.54, 1.807) is 0 Å². The SMILES string of the molecule is C=C1CC[C@@]2(C)[C@@H](CCCC23OCCO3)[C@]1(C)CC(=O)OC. The Morgan fingerprint density at radius 2 is 2.00 bits per heavy atom. The van der Waals surface area contributed by atoms with E-state index in [1.165, 1.54) is 12.7 Å². The number of hydrogen-bond acceptors (Lipinski definition) is 4. The van der Waals surface area contributed by atoms with Gasteiger partial charge in [-0.1, -0.05) is 26.0 Å². The van der Waals surface area contributed by atoms with Gasteiger partial charge in [0.05, 0.1) is 26.7 Å². The molecule has 1 saturated heterocycles. The fourth-order valence-corrected chi connectivity index (χ4v) is 5.29. The molecule has 4 nitrogen and oxygen atoms in total. The van der Waals surface area contributed by atoms with Gasteiger partial charge in [-0.05, 0) is 31.6 Å². The van der Waals surface area contributed by atoms with Crippen LogP contribution in [0.2, 0.25) is 0 Å². The maximum Gasteiger partial charge on any atom is 0.306 e. The van der Waals surface area contributed by atoms with Gasteiger partial charge in [0.2, 0.25) is 0 Å². The standard InChI is InChI=1S/C18H28O4/c1-13-7-9-17(3)14(16(13,2)12-15(19)20-4)6-5-8-18(17)21-10-11-22-18/h14H,1,5-12H2,2-4H3/t14-,16+,17-/m0/s1. The van der Waals surface area contributed by atoms with Gasteiger partial charge in [-0.15, -0.1) is 0 Å². The zero-order valence-electron chi connectivity index (χ0n) is 14.1. The Morgan fingerprint density at radius 3 is 2.64 bits per heavy atom. The molecule has 0 aromatic heterocycles. The molecule has 124 valence electrons. The first-order chi connectivity index (χ1) is 10.4. The molecule has 3 fully saturated rings. The molecular weight excluding hydrogens is 280 g/mol. The summed E-state index contributed by atoms with van der Waals surface area (Å²) in [6, 6.07) is 0. The molecule has 3 atom stereocenters. The highest BCUT2D eigenvalue weighted by atomic mass is 16.7. The van der Waals surface area contributed by atoms with Crippen molar-refractivity contribution in [1.82, 2.24) is 0 Å². The molecule has 0 aromatic carbocycles. The van der Waals surface area contributed by atoms with E-state index in [4.69, 9.17) is 14.2 Å². The van der Waals surface area contributed by atoms with Crippen LogP contribution in [0.25, 0.3) is 0 Å². The van der Waals surface area contributed by atoms with Crippen molar-refractivity contribution < 1.29 is 19.0 Å². The fraction of sp³-hybridized carbons (Fsp3) is 0.833. The Morgan fingerprint density at radius 1 is 1.32 bits per heavy atom. The van der Waals surface area contributed by atoms with E-state index in [2.05, 4.69) is 20.4 Å². The van der Waals surface area contributed by atoms with Gasteiger partial charge in [0.25, 0.3) is 0 Å². The molecule has 4 heteroatoms. The second-order valence-corrected chi connectivity index (χ2v) is 7.59. The molecule has 0 N–H and O–H groups in total. The second kappa shape index (κ2) is 5.34. The Bertz CT molecular complexity index is 479. The summed E-state index contributed by atoms with van der Waals surface area (Å²) in [7, 11) is 1.46. The number of carbonyl (C=O) groups is 1. The van der Waals surface area contributed by atoms with Crippen LogP contribution in [-0.4, -0.2) is 32.1 Å². The molecule has 1 aliphatic heterocycles. The van der Waals surface area contributed by atoms with E-state index in [0.29, 0.717) is 25.6 Å². The van der Waals surface area contributed by atoms with Crippen LogP contribution < -0.4 is 0 Å². The molecule has 3 aliphatic rings. The van der Waals surface area contributed by atoms with Crippen LogP contribution in [-0.2, 0) is 19.0 Å². The molecule has 0 bridgehead atoms. The lowest BCUT2D eigenvalue weighted by Gasteiger charge is -2.61. The summed E-state index contributed by atoms with van der Waals surface area (Å²) >= 11 is 0. The molecule has 3 rings (SSSR count). The van der Waals surface area contributed by atoms with Crippen LogP contribution in [0.5, 0.6) is 0 Å². The largest absolute Gasteiger partial charge is 0.469 e. The topological polar surface area (TPSA) is 44.8 Å². The third-order valence-electron chi connectivity index (χ3n) is 6.65. The van der Waals surface area contributed by atoms with E-state index < -0.39 is 5.79 Å². The van der Waals surface area contributed by atoms with Gasteiger partial charge in [0, 0.05) is 17.3 Å². The van der Waals surface area contributed by atoms with Gasteiger partial charge in [-0.3, -0.25) is 4.79 Å². The Kier molecular flexibility index (Phi) is 3.89. The van der Waals surface area contributed by atoms with Gasteiger partial charge >= 0.3 is 5.97 Å². The van der Waals surface area contributed by atoms with E-state index in [-0.39, 0.29) is 16.8 Å². The average molecular weight is 308 g/mol. The summed E-state index contributed by atoms with van der Waals surface area (Å²) in [5.74, 6) is -0.276. The second-order valence-electron chi connectivity index (χ2n) is 7.59. The normalized spacial score (nSPS) is 40.5. The number of ether oxygens (including phenoxy) is 3. The average Bonchev–Trinajstić information content (AvgIpc) is 2.96. The quantitative estimate of drug-likeness (QED) is 0.579. The van der Waals surface area contributed by atoms with Crippen LogP contribution in [0.4, 0.5) is 0 Å². The summed E-state index contributed by atoms with van der Waals surface area (Å²) in [4.78, 5) is 12.0. The number of carbonyl (C=O) groups excluding carboxylic acids is 1. The number of esters is 1. The number of rotatable bonds is 2. The molecule has 2 aliphatic carbocycles. The first-order valence-corrected chi connectivity index (χ1v) is 8.41. The molecule has 2 saturated carbocycles. The van der Waals surface area contributed by atoms with Crippen molar-refractivity contribution in [3.63, 3.8) is 0 Å². The molecule has 1 spiro atoms. The molecule has 1 heterocycles. The highest BCUT2D eigenvalue weighted by molar-refractivity contribution is 5.71. The molecular formula is C18H28O4. The third kappa shape index (κ3) is 2.07. The predicted molar refractivity (Wildman–Crippen MR) is 83.2 cm³/mol. The van der Waals surface area contributed by atoms with Crippen molar-refractivity contribution in [1.29, 1.82) is 0 Å². The summed E-state index contributed by atoms with van der Waals surface area (Å²) in [6.45, 7) is 10.1. The maximum absolute atomic E-state index is 12.0. The minimum absolute atomic E-state index is 0.0638. The number of methoxy groups -OCH3 is 1. The van der Waals surface area contributed by atoms with E-state index in [1.807, 2.05) is 0 Å². The van der Waals surface area contributed by atoms with E-state index >= 15 is 0 Å². The van der Waals surface area contributed by atoms with Crippen molar-refractivity contribution in [2.45, 2.75) is 58.2 Å². The van der Waals surface area contributed by atoms with Crippen LogP contribution >= 0.6 is 0 Å². The van der Waals surface area contributed by atoms with Crippen LogP contribution in [0.3, 0.4) is 0 Å². The predicted octanol–water partition coefficient (Wildman–Crippen LogP) is 3.46. The van der Waals surface area contributed by atoms with Crippen molar-refractivity contribution in [3.05, 3.63) is 12.2 Å². The van der Waals surface area contributed by atoms with Gasteiger partial charge in [-0.2, -0.15) is 0 Å². The maximum atomic E-state index is 12.0. The molecule has 0 aromatic rings. The van der Waals surface area contributed by atoms with Crippen LogP contribution in [0.15, 0.2) is 12.2 Å². The van der Waals surface area contributed by atoms with Crippen molar-refractivity contribution >= 4 is 5.97 Å². The Balaban J connectivity index is 1.98. The molecule has 22 heavy (non-hydrogen) atoms. The van der Waals surface area contributed by atoms with E-state index in [9.17, 15) is 4.79 Å². The highest BCUT2D eigenvalue weighted by Crippen LogP contribution is 2.65. The zero-order valence-corrected chi connectivity index (χ0v) is 14.1.